The summed E-state index contributed by atoms with van der Waals surface area (Å²) in [6.45, 7) is 12.0. The van der Waals surface area contributed by atoms with Gasteiger partial charge in [-0.15, -0.1) is 0 Å². The summed E-state index contributed by atoms with van der Waals surface area (Å²) in [6.07, 6.45) is 1.15. The van der Waals surface area contributed by atoms with Crippen molar-refractivity contribution in [3.8, 4) is 0 Å². The van der Waals surface area contributed by atoms with Gasteiger partial charge in [-0.3, -0.25) is 0 Å². The average Bonchev–Trinajstić information content (AvgIpc) is 2.04. The summed E-state index contributed by atoms with van der Waals surface area (Å²) >= 11 is 0. The Hall–Kier alpha value is -0.590. The van der Waals surface area contributed by atoms with Crippen LogP contribution >= 0.6 is 0 Å². The number of rotatable bonds is 2. The molecule has 0 aromatic rings. The third-order valence-electron chi connectivity index (χ3n) is 3.06. The van der Waals surface area contributed by atoms with E-state index in [0.29, 0.717) is 12.6 Å². The highest BCUT2D eigenvalue weighted by atomic mass is 15.1. The number of piperidine rings is 1. The van der Waals surface area contributed by atoms with E-state index in [1.165, 1.54) is 0 Å². The van der Waals surface area contributed by atoms with Crippen LogP contribution in [0.1, 0.15) is 13.3 Å². The van der Waals surface area contributed by atoms with Gasteiger partial charge >= 0.3 is 0 Å². The van der Waals surface area contributed by atoms with Crippen molar-refractivity contribution in [2.45, 2.75) is 19.4 Å². The Labute approximate surface area is 80.9 Å². The second kappa shape index (κ2) is 4.08. The molecule has 2 unspecified atom stereocenters. The summed E-state index contributed by atoms with van der Waals surface area (Å²) < 4.78 is 0. The maximum absolute atomic E-state index is 6.97. The number of likely N-dealkylation sites (tertiary alicyclic amines) is 1. The minimum Gasteiger partial charge on any atom is -0.316 e. The summed E-state index contributed by atoms with van der Waals surface area (Å²) in [5.41, 5.74) is 0.128. The van der Waals surface area contributed by atoms with Gasteiger partial charge in [0.2, 0.25) is 6.54 Å². The molecule has 0 aromatic carbocycles. The van der Waals surface area contributed by atoms with Gasteiger partial charge in [-0.25, -0.2) is 6.57 Å². The second-order valence-electron chi connectivity index (χ2n) is 4.34. The molecule has 1 heterocycles. The van der Waals surface area contributed by atoms with Crippen molar-refractivity contribution in [1.82, 2.24) is 10.2 Å². The lowest BCUT2D eigenvalue weighted by Crippen LogP contribution is -2.55. The van der Waals surface area contributed by atoms with Gasteiger partial charge in [0.05, 0.1) is 5.41 Å². The van der Waals surface area contributed by atoms with Gasteiger partial charge in [0, 0.05) is 12.6 Å². The van der Waals surface area contributed by atoms with Crippen molar-refractivity contribution in [2.24, 2.45) is 5.41 Å². The lowest BCUT2D eigenvalue weighted by atomic mass is 9.77. The molecular formula is C10H19N3. The zero-order valence-electron chi connectivity index (χ0n) is 8.80. The molecule has 0 amide bonds. The highest BCUT2D eigenvalue weighted by Gasteiger charge is 2.40. The molecule has 1 rings (SSSR count). The van der Waals surface area contributed by atoms with Crippen LogP contribution in [0.5, 0.6) is 0 Å². The van der Waals surface area contributed by atoms with Crippen LogP contribution in [0, 0.1) is 12.0 Å². The minimum atomic E-state index is 0.128. The summed E-state index contributed by atoms with van der Waals surface area (Å²) in [5, 5.41) is 3.33. The van der Waals surface area contributed by atoms with E-state index in [1.54, 1.807) is 0 Å². The van der Waals surface area contributed by atoms with Crippen molar-refractivity contribution in [3.05, 3.63) is 11.4 Å². The molecular weight excluding hydrogens is 162 g/mol. The van der Waals surface area contributed by atoms with E-state index >= 15 is 0 Å². The van der Waals surface area contributed by atoms with Gasteiger partial charge in [0.25, 0.3) is 0 Å². The van der Waals surface area contributed by atoms with Crippen molar-refractivity contribution in [3.63, 3.8) is 0 Å². The lowest BCUT2D eigenvalue weighted by Gasteiger charge is -2.41. The fraction of sp³-hybridized carbons (Fsp3) is 0.900. The maximum Gasteiger partial charge on any atom is 0.222 e. The van der Waals surface area contributed by atoms with Crippen molar-refractivity contribution in [1.29, 1.82) is 0 Å². The molecule has 1 aliphatic heterocycles. The summed E-state index contributed by atoms with van der Waals surface area (Å²) in [4.78, 5) is 5.87. The molecule has 0 saturated carbocycles. The Bertz CT molecular complexity index is 209. The van der Waals surface area contributed by atoms with E-state index in [9.17, 15) is 0 Å². The molecule has 1 saturated heterocycles. The fourth-order valence-electron chi connectivity index (χ4n) is 2.34. The smallest absolute Gasteiger partial charge is 0.222 e. The van der Waals surface area contributed by atoms with Crippen molar-refractivity contribution in [2.75, 3.05) is 33.7 Å². The van der Waals surface area contributed by atoms with E-state index in [1.807, 2.05) is 7.05 Å². The Morgan fingerprint density at radius 3 is 2.92 bits per heavy atom. The quantitative estimate of drug-likeness (QED) is 0.637. The molecule has 1 N–H and O–H groups in total. The van der Waals surface area contributed by atoms with Gasteiger partial charge < -0.3 is 15.1 Å². The monoisotopic (exact) mass is 181 g/mol. The van der Waals surface area contributed by atoms with Gasteiger partial charge in [0.1, 0.15) is 0 Å². The molecule has 1 fully saturated rings. The molecule has 1 aliphatic rings. The SMILES string of the molecule is [C-]#[N+]CC1(C)CN(C)CCC1NC. The number of nitrogens with one attached hydrogen (secondary N) is 1. The lowest BCUT2D eigenvalue weighted by molar-refractivity contribution is 0.0983. The van der Waals surface area contributed by atoms with Crippen LogP contribution in [0.25, 0.3) is 4.85 Å². The molecule has 0 aliphatic carbocycles. The van der Waals surface area contributed by atoms with Gasteiger partial charge in [-0.2, -0.15) is 0 Å². The predicted octanol–water partition coefficient (Wildman–Crippen LogP) is 0.835. The first kappa shape index (κ1) is 10.5. The molecule has 0 bridgehead atoms. The van der Waals surface area contributed by atoms with Gasteiger partial charge in [-0.1, -0.05) is 0 Å². The molecule has 3 heteroatoms. The Balaban J connectivity index is 2.70. The molecule has 13 heavy (non-hydrogen) atoms. The molecule has 3 nitrogen and oxygen atoms in total. The van der Waals surface area contributed by atoms with E-state index < -0.39 is 0 Å². The van der Waals surface area contributed by atoms with Crippen LogP contribution in [0.3, 0.4) is 0 Å². The largest absolute Gasteiger partial charge is 0.316 e. The molecule has 74 valence electrons. The first-order chi connectivity index (χ1) is 6.12. The second-order valence-corrected chi connectivity index (χ2v) is 4.34. The third kappa shape index (κ3) is 2.20. The zero-order chi connectivity index (χ0) is 9.90. The zero-order valence-corrected chi connectivity index (χ0v) is 8.80. The Kier molecular flexibility index (Phi) is 3.29. The van der Waals surface area contributed by atoms with Crippen LogP contribution in [0.2, 0.25) is 0 Å². The molecule has 2 atom stereocenters. The standard InChI is InChI=1S/C10H19N3/c1-10(7-11-2)8-13(4)6-5-9(10)12-3/h9,12H,5-8H2,1,3-4H3. The minimum absolute atomic E-state index is 0.128. The van der Waals surface area contributed by atoms with E-state index in [2.05, 4.69) is 29.0 Å². The van der Waals surface area contributed by atoms with Crippen molar-refractivity contribution >= 4 is 0 Å². The summed E-state index contributed by atoms with van der Waals surface area (Å²) in [6, 6.07) is 0.498. The van der Waals surface area contributed by atoms with Crippen LogP contribution < -0.4 is 5.32 Å². The highest BCUT2D eigenvalue weighted by molar-refractivity contribution is 4.97. The summed E-state index contributed by atoms with van der Waals surface area (Å²) in [7, 11) is 4.13. The van der Waals surface area contributed by atoms with Gasteiger partial charge in [-0.05, 0) is 34.0 Å². The fourth-order valence-corrected chi connectivity index (χ4v) is 2.34. The first-order valence-electron chi connectivity index (χ1n) is 4.81. The normalized spacial score (nSPS) is 35.7. The summed E-state index contributed by atoms with van der Waals surface area (Å²) in [5.74, 6) is 0. The average molecular weight is 181 g/mol. The maximum atomic E-state index is 6.97. The molecule has 0 aromatic heterocycles. The van der Waals surface area contributed by atoms with Crippen molar-refractivity contribution < 1.29 is 0 Å². The predicted molar refractivity (Wildman–Crippen MR) is 54.5 cm³/mol. The van der Waals surface area contributed by atoms with E-state index in [0.717, 1.165) is 19.5 Å². The Morgan fingerprint density at radius 1 is 1.69 bits per heavy atom. The van der Waals surface area contributed by atoms with Gasteiger partial charge in [0.15, 0.2) is 0 Å². The Morgan fingerprint density at radius 2 is 2.38 bits per heavy atom. The van der Waals surface area contributed by atoms with Crippen LogP contribution in [-0.2, 0) is 0 Å². The van der Waals surface area contributed by atoms with Crippen LogP contribution in [-0.4, -0.2) is 44.7 Å². The van der Waals surface area contributed by atoms with Crippen LogP contribution in [0.15, 0.2) is 0 Å². The third-order valence-corrected chi connectivity index (χ3v) is 3.06. The number of hydrogen-bond acceptors (Lipinski definition) is 2. The topological polar surface area (TPSA) is 19.6 Å². The number of nitrogens with zero attached hydrogens (tertiary/aromatic N) is 2. The first-order valence-corrected chi connectivity index (χ1v) is 4.81. The number of hydrogen-bond donors (Lipinski definition) is 1. The van der Waals surface area contributed by atoms with E-state index in [4.69, 9.17) is 6.57 Å². The van der Waals surface area contributed by atoms with E-state index in [-0.39, 0.29) is 5.41 Å². The highest BCUT2D eigenvalue weighted by Crippen LogP contribution is 2.29. The molecule has 0 spiro atoms. The molecule has 0 radical (unpaired) electrons. The van der Waals surface area contributed by atoms with Crippen LogP contribution in [0.4, 0.5) is 0 Å².